The molecule has 0 atom stereocenters. The molecule has 0 aliphatic carbocycles. The van der Waals surface area contributed by atoms with Crippen molar-refractivity contribution in [1.29, 1.82) is 0 Å². The summed E-state index contributed by atoms with van der Waals surface area (Å²) in [6, 6.07) is 9.71. The number of carbonyl (C=O) groups excluding carboxylic acids is 1. The molecule has 0 fully saturated rings. The Morgan fingerprint density at radius 3 is 3.00 bits per heavy atom. The highest BCUT2D eigenvalue weighted by molar-refractivity contribution is 9.10. The number of ether oxygens (including phenoxy) is 1. The second-order valence-corrected chi connectivity index (χ2v) is 4.57. The fraction of sp³-hybridized carbons (Fsp3) is 0.143. The number of hydrogen-bond acceptors (Lipinski definition) is 3. The SMILES string of the molecule is CCOC(=O)/C=C/c1ccc2cc(Br)ccc2n1. The topological polar surface area (TPSA) is 39.2 Å². The molecule has 0 radical (unpaired) electrons. The molecule has 2 rings (SSSR count). The molecule has 1 aromatic carbocycles. The van der Waals surface area contributed by atoms with Crippen molar-refractivity contribution in [3.05, 3.63) is 46.6 Å². The van der Waals surface area contributed by atoms with Gasteiger partial charge in [0.1, 0.15) is 0 Å². The van der Waals surface area contributed by atoms with Crippen LogP contribution in [-0.4, -0.2) is 17.6 Å². The molecule has 0 unspecified atom stereocenters. The highest BCUT2D eigenvalue weighted by Gasteiger charge is 1.98. The minimum Gasteiger partial charge on any atom is -0.463 e. The van der Waals surface area contributed by atoms with E-state index in [9.17, 15) is 4.79 Å². The number of esters is 1. The van der Waals surface area contributed by atoms with Gasteiger partial charge < -0.3 is 4.74 Å². The van der Waals surface area contributed by atoms with Crippen molar-refractivity contribution >= 4 is 38.9 Å². The van der Waals surface area contributed by atoms with Crippen molar-refractivity contribution in [2.45, 2.75) is 6.92 Å². The lowest BCUT2D eigenvalue weighted by Gasteiger charge is -2.00. The van der Waals surface area contributed by atoms with Crippen molar-refractivity contribution in [2.24, 2.45) is 0 Å². The van der Waals surface area contributed by atoms with Gasteiger partial charge in [-0.2, -0.15) is 0 Å². The maximum absolute atomic E-state index is 11.2. The number of aromatic nitrogens is 1. The van der Waals surface area contributed by atoms with E-state index in [4.69, 9.17) is 4.74 Å². The molecule has 0 bridgehead atoms. The summed E-state index contributed by atoms with van der Waals surface area (Å²) < 4.78 is 5.83. The van der Waals surface area contributed by atoms with E-state index in [0.717, 1.165) is 21.1 Å². The van der Waals surface area contributed by atoms with Gasteiger partial charge in [-0.25, -0.2) is 9.78 Å². The van der Waals surface area contributed by atoms with Crippen LogP contribution < -0.4 is 0 Å². The Morgan fingerprint density at radius 2 is 2.22 bits per heavy atom. The first-order chi connectivity index (χ1) is 8.69. The van der Waals surface area contributed by atoms with Crippen LogP contribution in [0.2, 0.25) is 0 Å². The van der Waals surface area contributed by atoms with Crippen molar-refractivity contribution in [1.82, 2.24) is 4.98 Å². The molecule has 1 aromatic heterocycles. The molecule has 18 heavy (non-hydrogen) atoms. The summed E-state index contributed by atoms with van der Waals surface area (Å²) in [4.78, 5) is 15.6. The molecule has 3 nitrogen and oxygen atoms in total. The quantitative estimate of drug-likeness (QED) is 0.643. The summed E-state index contributed by atoms with van der Waals surface area (Å²) in [7, 11) is 0. The van der Waals surface area contributed by atoms with Gasteiger partial charge in [-0.1, -0.05) is 22.0 Å². The molecular formula is C14H12BrNO2. The first-order valence-electron chi connectivity index (χ1n) is 5.60. The molecule has 92 valence electrons. The Hall–Kier alpha value is -1.68. The van der Waals surface area contributed by atoms with Gasteiger partial charge in [-0.05, 0) is 37.3 Å². The lowest BCUT2D eigenvalue weighted by Crippen LogP contribution is -1.98. The summed E-state index contributed by atoms with van der Waals surface area (Å²) in [6.07, 6.45) is 3.04. The van der Waals surface area contributed by atoms with Crippen LogP contribution in [0, 0.1) is 0 Å². The average molecular weight is 306 g/mol. The predicted octanol–water partition coefficient (Wildman–Crippen LogP) is 3.57. The smallest absolute Gasteiger partial charge is 0.330 e. The number of rotatable bonds is 3. The minimum absolute atomic E-state index is 0.352. The Bertz CT molecular complexity index is 608. The zero-order valence-corrected chi connectivity index (χ0v) is 11.5. The number of pyridine rings is 1. The molecule has 0 aliphatic heterocycles. The highest BCUT2D eigenvalue weighted by Crippen LogP contribution is 2.18. The van der Waals surface area contributed by atoms with Gasteiger partial charge in [0.2, 0.25) is 0 Å². The van der Waals surface area contributed by atoms with E-state index >= 15 is 0 Å². The predicted molar refractivity (Wildman–Crippen MR) is 75.1 cm³/mol. The lowest BCUT2D eigenvalue weighted by atomic mass is 10.2. The van der Waals surface area contributed by atoms with Gasteiger partial charge in [-0.15, -0.1) is 0 Å². The molecule has 0 aliphatic rings. The molecule has 0 saturated heterocycles. The fourth-order valence-electron chi connectivity index (χ4n) is 1.55. The van der Waals surface area contributed by atoms with E-state index in [2.05, 4.69) is 20.9 Å². The van der Waals surface area contributed by atoms with E-state index in [1.54, 1.807) is 13.0 Å². The number of benzene rings is 1. The average Bonchev–Trinajstić information content (AvgIpc) is 2.36. The van der Waals surface area contributed by atoms with Crippen LogP contribution in [0.5, 0.6) is 0 Å². The highest BCUT2D eigenvalue weighted by atomic mass is 79.9. The Morgan fingerprint density at radius 1 is 1.39 bits per heavy atom. The van der Waals surface area contributed by atoms with Gasteiger partial charge in [0.15, 0.2) is 0 Å². The summed E-state index contributed by atoms with van der Waals surface area (Å²) in [5, 5.41) is 1.05. The summed E-state index contributed by atoms with van der Waals surface area (Å²) in [5.41, 5.74) is 1.63. The summed E-state index contributed by atoms with van der Waals surface area (Å²) >= 11 is 3.42. The monoisotopic (exact) mass is 305 g/mol. The lowest BCUT2D eigenvalue weighted by molar-refractivity contribution is -0.137. The zero-order chi connectivity index (χ0) is 13.0. The Balaban J connectivity index is 2.25. The normalized spacial score (nSPS) is 11.0. The largest absolute Gasteiger partial charge is 0.463 e. The molecule has 0 saturated carbocycles. The molecule has 2 aromatic rings. The molecule has 0 spiro atoms. The van der Waals surface area contributed by atoms with Crippen molar-refractivity contribution < 1.29 is 9.53 Å². The second-order valence-electron chi connectivity index (χ2n) is 3.66. The van der Waals surface area contributed by atoms with Gasteiger partial charge in [0.25, 0.3) is 0 Å². The molecule has 0 N–H and O–H groups in total. The second kappa shape index (κ2) is 5.78. The Labute approximate surface area is 114 Å². The van der Waals surface area contributed by atoms with Crippen LogP contribution in [0.3, 0.4) is 0 Å². The van der Waals surface area contributed by atoms with Gasteiger partial charge in [0.05, 0.1) is 17.8 Å². The maximum atomic E-state index is 11.2. The van der Waals surface area contributed by atoms with E-state index in [1.165, 1.54) is 6.08 Å². The fourth-order valence-corrected chi connectivity index (χ4v) is 1.93. The summed E-state index contributed by atoms with van der Waals surface area (Å²) in [6.45, 7) is 2.15. The van der Waals surface area contributed by atoms with E-state index in [-0.39, 0.29) is 5.97 Å². The van der Waals surface area contributed by atoms with Crippen LogP contribution in [0.1, 0.15) is 12.6 Å². The molecule has 0 amide bonds. The number of carbonyl (C=O) groups is 1. The van der Waals surface area contributed by atoms with E-state index in [1.807, 2.05) is 30.3 Å². The van der Waals surface area contributed by atoms with Crippen molar-refractivity contribution in [3.63, 3.8) is 0 Å². The van der Waals surface area contributed by atoms with E-state index < -0.39 is 0 Å². The van der Waals surface area contributed by atoms with Crippen molar-refractivity contribution in [2.75, 3.05) is 6.61 Å². The first-order valence-corrected chi connectivity index (χ1v) is 6.39. The minimum atomic E-state index is -0.352. The van der Waals surface area contributed by atoms with Crippen LogP contribution in [0.25, 0.3) is 17.0 Å². The van der Waals surface area contributed by atoms with Crippen LogP contribution in [0.4, 0.5) is 0 Å². The van der Waals surface area contributed by atoms with Gasteiger partial charge in [0, 0.05) is 15.9 Å². The maximum Gasteiger partial charge on any atom is 0.330 e. The van der Waals surface area contributed by atoms with Gasteiger partial charge >= 0.3 is 5.97 Å². The van der Waals surface area contributed by atoms with Crippen LogP contribution in [-0.2, 0) is 9.53 Å². The number of nitrogens with zero attached hydrogens (tertiary/aromatic N) is 1. The number of halogens is 1. The van der Waals surface area contributed by atoms with E-state index in [0.29, 0.717) is 6.61 Å². The third-order valence-electron chi connectivity index (χ3n) is 2.35. The zero-order valence-electron chi connectivity index (χ0n) is 9.89. The molecular weight excluding hydrogens is 294 g/mol. The van der Waals surface area contributed by atoms with Crippen LogP contribution in [0.15, 0.2) is 40.9 Å². The third kappa shape index (κ3) is 3.17. The van der Waals surface area contributed by atoms with Crippen molar-refractivity contribution in [3.8, 4) is 0 Å². The number of hydrogen-bond donors (Lipinski definition) is 0. The molecule has 4 heteroatoms. The first kappa shape index (κ1) is 12.8. The third-order valence-corrected chi connectivity index (χ3v) is 2.84. The Kier molecular flexibility index (Phi) is 4.10. The summed E-state index contributed by atoms with van der Waals surface area (Å²) in [5.74, 6) is -0.352. The molecule has 1 heterocycles. The standard InChI is InChI=1S/C14H12BrNO2/c1-2-18-14(17)8-6-12-5-3-10-9-11(15)4-7-13(10)16-12/h3-9H,2H2,1H3/b8-6+. The number of fused-ring (bicyclic) bond motifs is 1. The van der Waals surface area contributed by atoms with Gasteiger partial charge in [-0.3, -0.25) is 0 Å². The van der Waals surface area contributed by atoms with Crippen LogP contribution >= 0.6 is 15.9 Å².